The van der Waals surface area contributed by atoms with E-state index in [1.807, 2.05) is 0 Å². The first-order valence-corrected chi connectivity index (χ1v) is 2.70. The number of ether oxygens (including phenoxy) is 2. The first kappa shape index (κ1) is 6.01. The molecular weight excluding hydrogens is 106 g/mol. The maximum Gasteiger partial charge on any atom is 0.0982 e. The Bertz CT molecular complexity index is 76.8. The largest absolute Gasteiger partial charge is 0.382 e. The molecule has 0 aliphatic carbocycles. The summed E-state index contributed by atoms with van der Waals surface area (Å²) in [5, 5.41) is 0. The Morgan fingerprint density at radius 3 is 2.75 bits per heavy atom. The monoisotopic (exact) mass is 117 g/mol. The van der Waals surface area contributed by atoms with Crippen LogP contribution in [0.3, 0.4) is 0 Å². The molecule has 2 N–H and O–H groups in total. The van der Waals surface area contributed by atoms with Gasteiger partial charge in [0.05, 0.1) is 25.4 Å². The van der Waals surface area contributed by atoms with Gasteiger partial charge in [-0.15, -0.1) is 0 Å². The van der Waals surface area contributed by atoms with E-state index in [-0.39, 0.29) is 12.1 Å². The molecule has 0 saturated carbocycles. The van der Waals surface area contributed by atoms with Crippen molar-refractivity contribution in [2.24, 2.45) is 5.73 Å². The van der Waals surface area contributed by atoms with Crippen LogP contribution in [0, 0.1) is 0 Å². The molecule has 48 valence electrons. The average Bonchev–Trinajstić information content (AvgIpc) is 1.79. The third kappa shape index (κ3) is 0.992. The smallest absolute Gasteiger partial charge is 0.0982 e. The highest BCUT2D eigenvalue weighted by Crippen LogP contribution is 2.08. The van der Waals surface area contributed by atoms with E-state index in [2.05, 4.69) is 0 Å². The summed E-state index contributed by atoms with van der Waals surface area (Å²) in [4.78, 5) is 0. The van der Waals surface area contributed by atoms with Gasteiger partial charge in [-0.3, -0.25) is 0 Å². The van der Waals surface area contributed by atoms with Crippen molar-refractivity contribution in [3.05, 3.63) is 0 Å². The summed E-state index contributed by atoms with van der Waals surface area (Å²) in [7, 11) is 1.65. The van der Waals surface area contributed by atoms with Crippen LogP contribution in [0.15, 0.2) is 0 Å². The van der Waals surface area contributed by atoms with Crippen molar-refractivity contribution >= 4 is 0 Å². The Morgan fingerprint density at radius 2 is 2.62 bits per heavy atom. The summed E-state index contributed by atoms with van der Waals surface area (Å²) in [5.41, 5.74) is 5.50. The molecular formula is C5H11NO2. The minimum absolute atomic E-state index is 0.153. The van der Waals surface area contributed by atoms with Gasteiger partial charge in [0.25, 0.3) is 0 Å². The molecule has 1 fully saturated rings. The Balaban J connectivity index is 2.08. The molecule has 0 radical (unpaired) electrons. The Kier molecular flexibility index (Phi) is 1.83. The molecule has 1 aliphatic heterocycles. The van der Waals surface area contributed by atoms with E-state index in [1.54, 1.807) is 7.11 Å². The predicted molar refractivity (Wildman–Crippen MR) is 29.6 cm³/mol. The van der Waals surface area contributed by atoms with Gasteiger partial charge in [-0.05, 0) is 0 Å². The second-order valence-corrected chi connectivity index (χ2v) is 1.99. The van der Waals surface area contributed by atoms with Gasteiger partial charge >= 0.3 is 0 Å². The summed E-state index contributed by atoms with van der Waals surface area (Å²) in [6, 6.07) is 0.204. The number of hydrogen-bond donors (Lipinski definition) is 1. The minimum atomic E-state index is 0.153. The molecule has 3 nitrogen and oxygen atoms in total. The molecule has 1 saturated heterocycles. The summed E-state index contributed by atoms with van der Waals surface area (Å²) in [6.07, 6.45) is 0.153. The van der Waals surface area contributed by atoms with Crippen molar-refractivity contribution in [3.8, 4) is 0 Å². The Hall–Kier alpha value is -0.120. The highest BCUT2D eigenvalue weighted by Gasteiger charge is 2.27. The van der Waals surface area contributed by atoms with Crippen LogP contribution in [0.25, 0.3) is 0 Å². The lowest BCUT2D eigenvalue weighted by molar-refractivity contribution is -0.104. The summed E-state index contributed by atoms with van der Waals surface area (Å²) in [5.74, 6) is 0. The lowest BCUT2D eigenvalue weighted by Gasteiger charge is -2.32. The van der Waals surface area contributed by atoms with Crippen LogP contribution >= 0.6 is 0 Å². The SMILES string of the molecule is COCC1OCC1N. The van der Waals surface area contributed by atoms with E-state index in [1.165, 1.54) is 0 Å². The fourth-order valence-corrected chi connectivity index (χ4v) is 0.679. The van der Waals surface area contributed by atoms with Crippen molar-refractivity contribution in [1.82, 2.24) is 0 Å². The van der Waals surface area contributed by atoms with Gasteiger partial charge in [0.2, 0.25) is 0 Å². The van der Waals surface area contributed by atoms with E-state index in [4.69, 9.17) is 15.2 Å². The number of rotatable bonds is 2. The zero-order valence-corrected chi connectivity index (χ0v) is 4.96. The molecule has 0 bridgehead atoms. The van der Waals surface area contributed by atoms with Crippen LogP contribution in [0.4, 0.5) is 0 Å². The van der Waals surface area contributed by atoms with Gasteiger partial charge in [-0.2, -0.15) is 0 Å². The lowest BCUT2D eigenvalue weighted by atomic mass is 10.1. The van der Waals surface area contributed by atoms with E-state index in [0.717, 1.165) is 0 Å². The molecule has 1 rings (SSSR count). The van der Waals surface area contributed by atoms with Crippen molar-refractivity contribution in [3.63, 3.8) is 0 Å². The zero-order chi connectivity index (χ0) is 5.98. The molecule has 2 unspecified atom stereocenters. The van der Waals surface area contributed by atoms with Crippen molar-refractivity contribution < 1.29 is 9.47 Å². The van der Waals surface area contributed by atoms with E-state index < -0.39 is 0 Å². The average molecular weight is 117 g/mol. The van der Waals surface area contributed by atoms with Gasteiger partial charge in [0.1, 0.15) is 0 Å². The topological polar surface area (TPSA) is 44.5 Å². The standard InChI is InChI=1S/C5H11NO2/c1-7-3-5-4(6)2-8-5/h4-5H,2-3,6H2,1H3. The van der Waals surface area contributed by atoms with Crippen LogP contribution in [0.1, 0.15) is 0 Å². The predicted octanol–water partition coefficient (Wildman–Crippen LogP) is -0.641. The van der Waals surface area contributed by atoms with Crippen molar-refractivity contribution in [1.29, 1.82) is 0 Å². The minimum Gasteiger partial charge on any atom is -0.382 e. The molecule has 1 heterocycles. The summed E-state index contributed by atoms with van der Waals surface area (Å²) >= 11 is 0. The van der Waals surface area contributed by atoms with Gasteiger partial charge in [-0.25, -0.2) is 0 Å². The normalized spacial score (nSPS) is 36.8. The fraction of sp³-hybridized carbons (Fsp3) is 1.00. The van der Waals surface area contributed by atoms with Crippen molar-refractivity contribution in [2.45, 2.75) is 12.1 Å². The second kappa shape index (κ2) is 2.44. The fourth-order valence-electron chi connectivity index (χ4n) is 0.679. The maximum absolute atomic E-state index is 5.50. The number of methoxy groups -OCH3 is 1. The molecule has 0 aromatic rings. The number of nitrogens with two attached hydrogens (primary N) is 1. The Labute approximate surface area is 48.8 Å². The molecule has 8 heavy (non-hydrogen) atoms. The third-order valence-electron chi connectivity index (χ3n) is 1.31. The van der Waals surface area contributed by atoms with Gasteiger partial charge < -0.3 is 15.2 Å². The second-order valence-electron chi connectivity index (χ2n) is 1.99. The van der Waals surface area contributed by atoms with E-state index in [9.17, 15) is 0 Å². The van der Waals surface area contributed by atoms with Crippen LogP contribution in [-0.2, 0) is 9.47 Å². The summed E-state index contributed by atoms with van der Waals surface area (Å²) in [6.45, 7) is 1.31. The molecule has 0 amide bonds. The molecule has 0 aromatic carbocycles. The quantitative estimate of drug-likeness (QED) is 0.523. The molecule has 0 aromatic heterocycles. The first-order chi connectivity index (χ1) is 3.84. The van der Waals surface area contributed by atoms with Crippen LogP contribution in [0.5, 0.6) is 0 Å². The zero-order valence-electron chi connectivity index (χ0n) is 4.96. The maximum atomic E-state index is 5.50. The van der Waals surface area contributed by atoms with E-state index in [0.29, 0.717) is 13.2 Å². The first-order valence-electron chi connectivity index (χ1n) is 2.70. The highest BCUT2D eigenvalue weighted by atomic mass is 16.5. The lowest BCUT2D eigenvalue weighted by Crippen LogP contribution is -2.53. The van der Waals surface area contributed by atoms with Crippen LogP contribution in [-0.4, -0.2) is 32.5 Å². The molecule has 1 aliphatic rings. The highest BCUT2D eigenvalue weighted by molar-refractivity contribution is 4.81. The van der Waals surface area contributed by atoms with Crippen molar-refractivity contribution in [2.75, 3.05) is 20.3 Å². The third-order valence-corrected chi connectivity index (χ3v) is 1.31. The molecule has 3 heteroatoms. The van der Waals surface area contributed by atoms with Gasteiger partial charge in [0, 0.05) is 7.11 Å². The van der Waals surface area contributed by atoms with Crippen LogP contribution in [0.2, 0.25) is 0 Å². The Morgan fingerprint density at radius 1 is 1.88 bits per heavy atom. The van der Waals surface area contributed by atoms with E-state index >= 15 is 0 Å². The van der Waals surface area contributed by atoms with Gasteiger partial charge in [-0.1, -0.05) is 0 Å². The summed E-state index contributed by atoms with van der Waals surface area (Å²) < 4.78 is 9.84. The number of hydrogen-bond acceptors (Lipinski definition) is 3. The van der Waals surface area contributed by atoms with Gasteiger partial charge in [0.15, 0.2) is 0 Å². The van der Waals surface area contributed by atoms with Crippen LogP contribution < -0.4 is 5.73 Å². The molecule has 0 spiro atoms. The molecule has 2 atom stereocenters.